The first-order chi connectivity index (χ1) is 10.0. The molecule has 0 saturated carbocycles. The number of amides is 1. The average molecular weight is 307 g/mol. The van der Waals surface area contributed by atoms with Crippen molar-refractivity contribution in [3.05, 3.63) is 53.1 Å². The van der Waals surface area contributed by atoms with Crippen molar-refractivity contribution in [3.63, 3.8) is 0 Å². The zero-order valence-corrected chi connectivity index (χ0v) is 11.9. The quantitative estimate of drug-likeness (QED) is 0.765. The number of nitrogens with two attached hydrogens (primary N) is 1. The Morgan fingerprint density at radius 1 is 1.24 bits per heavy atom. The molecule has 6 heteroatoms. The lowest BCUT2D eigenvalue weighted by Gasteiger charge is -2.09. The SMILES string of the molecule is NC(=O)COc1ccc(NCc2ccc(O)c(Cl)c2)cc1. The van der Waals surface area contributed by atoms with Gasteiger partial charge in [0.25, 0.3) is 5.91 Å². The van der Waals surface area contributed by atoms with E-state index in [1.54, 1.807) is 30.3 Å². The number of rotatable bonds is 6. The second-order valence-electron chi connectivity index (χ2n) is 4.42. The van der Waals surface area contributed by atoms with Crippen molar-refractivity contribution < 1.29 is 14.6 Å². The minimum absolute atomic E-state index is 0.0661. The molecule has 0 aromatic heterocycles. The number of hydrogen-bond acceptors (Lipinski definition) is 4. The minimum Gasteiger partial charge on any atom is -0.506 e. The predicted molar refractivity (Wildman–Crippen MR) is 81.6 cm³/mol. The van der Waals surface area contributed by atoms with Crippen molar-refractivity contribution in [2.75, 3.05) is 11.9 Å². The van der Waals surface area contributed by atoms with Gasteiger partial charge < -0.3 is 20.9 Å². The van der Waals surface area contributed by atoms with E-state index in [0.29, 0.717) is 17.3 Å². The number of ether oxygens (including phenoxy) is 1. The number of carbonyl (C=O) groups is 1. The van der Waals surface area contributed by atoms with Gasteiger partial charge in [0.1, 0.15) is 11.5 Å². The Hall–Kier alpha value is -2.40. The fraction of sp³-hybridized carbons (Fsp3) is 0.133. The first-order valence-corrected chi connectivity index (χ1v) is 6.65. The Labute approximate surface area is 127 Å². The highest BCUT2D eigenvalue weighted by Crippen LogP contribution is 2.24. The number of halogens is 1. The van der Waals surface area contributed by atoms with E-state index in [2.05, 4.69) is 5.32 Å². The molecule has 21 heavy (non-hydrogen) atoms. The smallest absolute Gasteiger partial charge is 0.255 e. The van der Waals surface area contributed by atoms with Crippen molar-refractivity contribution in [3.8, 4) is 11.5 Å². The summed E-state index contributed by atoms with van der Waals surface area (Å²) in [5, 5.41) is 12.9. The first-order valence-electron chi connectivity index (χ1n) is 6.27. The topological polar surface area (TPSA) is 84.6 Å². The van der Waals surface area contributed by atoms with Crippen molar-refractivity contribution in [2.45, 2.75) is 6.54 Å². The summed E-state index contributed by atoms with van der Waals surface area (Å²) >= 11 is 5.84. The van der Waals surface area contributed by atoms with Crippen LogP contribution in [0.5, 0.6) is 11.5 Å². The molecule has 0 fully saturated rings. The van der Waals surface area contributed by atoms with Crippen LogP contribution in [0.2, 0.25) is 5.02 Å². The van der Waals surface area contributed by atoms with E-state index in [0.717, 1.165) is 11.3 Å². The minimum atomic E-state index is -0.513. The highest BCUT2D eigenvalue weighted by Gasteiger charge is 2.01. The molecule has 2 aromatic rings. The Morgan fingerprint density at radius 3 is 2.57 bits per heavy atom. The fourth-order valence-corrected chi connectivity index (χ4v) is 1.89. The van der Waals surface area contributed by atoms with Gasteiger partial charge in [0, 0.05) is 12.2 Å². The summed E-state index contributed by atoms with van der Waals surface area (Å²) in [4.78, 5) is 10.6. The molecule has 0 bridgehead atoms. The Bertz CT molecular complexity index is 629. The normalized spacial score (nSPS) is 10.1. The maximum atomic E-state index is 10.6. The molecule has 0 radical (unpaired) electrons. The highest BCUT2D eigenvalue weighted by atomic mass is 35.5. The monoisotopic (exact) mass is 306 g/mol. The van der Waals surface area contributed by atoms with Crippen molar-refractivity contribution in [2.24, 2.45) is 5.73 Å². The van der Waals surface area contributed by atoms with Gasteiger partial charge >= 0.3 is 0 Å². The van der Waals surface area contributed by atoms with Gasteiger partial charge in [-0.25, -0.2) is 0 Å². The maximum Gasteiger partial charge on any atom is 0.255 e. The lowest BCUT2D eigenvalue weighted by molar-refractivity contribution is -0.119. The molecule has 0 aliphatic rings. The molecule has 5 nitrogen and oxygen atoms in total. The van der Waals surface area contributed by atoms with Gasteiger partial charge in [-0.3, -0.25) is 4.79 Å². The maximum absolute atomic E-state index is 10.6. The molecule has 0 aliphatic carbocycles. The molecule has 0 aliphatic heterocycles. The number of nitrogens with one attached hydrogen (secondary N) is 1. The largest absolute Gasteiger partial charge is 0.506 e. The van der Waals surface area contributed by atoms with Gasteiger partial charge in [0.05, 0.1) is 5.02 Å². The summed E-state index contributed by atoms with van der Waals surface area (Å²) in [5.74, 6) is 0.129. The molecule has 0 heterocycles. The molecule has 2 aromatic carbocycles. The van der Waals surface area contributed by atoms with Crippen LogP contribution < -0.4 is 15.8 Å². The molecule has 0 atom stereocenters. The second-order valence-corrected chi connectivity index (χ2v) is 4.83. The second kappa shape index (κ2) is 6.85. The van der Waals surface area contributed by atoms with Gasteiger partial charge in [-0.15, -0.1) is 0 Å². The predicted octanol–water partition coefficient (Wildman–Crippen LogP) is 2.52. The summed E-state index contributed by atoms with van der Waals surface area (Å²) in [6.45, 7) is 0.431. The van der Waals surface area contributed by atoms with Crippen LogP contribution in [-0.4, -0.2) is 17.6 Å². The number of primary amides is 1. The Balaban J connectivity index is 1.91. The van der Waals surface area contributed by atoms with Crippen LogP contribution in [0.25, 0.3) is 0 Å². The van der Waals surface area contributed by atoms with E-state index in [-0.39, 0.29) is 12.4 Å². The molecule has 0 saturated heterocycles. The van der Waals surface area contributed by atoms with Crippen molar-refractivity contribution in [1.82, 2.24) is 0 Å². The third kappa shape index (κ3) is 4.57. The Morgan fingerprint density at radius 2 is 1.95 bits per heavy atom. The van der Waals surface area contributed by atoms with E-state index in [1.165, 1.54) is 0 Å². The molecule has 4 N–H and O–H groups in total. The van der Waals surface area contributed by atoms with Crippen LogP contribution in [0.4, 0.5) is 5.69 Å². The molecular weight excluding hydrogens is 292 g/mol. The number of hydrogen-bond donors (Lipinski definition) is 3. The lowest BCUT2D eigenvalue weighted by Crippen LogP contribution is -2.19. The van der Waals surface area contributed by atoms with Crippen molar-refractivity contribution in [1.29, 1.82) is 0 Å². The van der Waals surface area contributed by atoms with Crippen LogP contribution in [0.15, 0.2) is 42.5 Å². The fourth-order valence-electron chi connectivity index (χ4n) is 1.69. The number of benzene rings is 2. The van der Waals surface area contributed by atoms with E-state index in [9.17, 15) is 9.90 Å². The van der Waals surface area contributed by atoms with Gasteiger partial charge in [-0.2, -0.15) is 0 Å². The summed E-state index contributed by atoms with van der Waals surface area (Å²) in [6.07, 6.45) is 0. The molecule has 1 amide bonds. The standard InChI is InChI=1S/C15H15ClN2O3/c16-13-7-10(1-6-14(13)19)8-18-11-2-4-12(5-3-11)21-9-15(17)20/h1-7,18-19H,8-9H2,(H2,17,20). The average Bonchev–Trinajstić information content (AvgIpc) is 2.47. The number of carbonyl (C=O) groups excluding carboxylic acids is 1. The molecule has 110 valence electrons. The van der Waals surface area contributed by atoms with Gasteiger partial charge in [-0.05, 0) is 42.0 Å². The van der Waals surface area contributed by atoms with Crippen LogP contribution in [0.3, 0.4) is 0 Å². The van der Waals surface area contributed by atoms with E-state index in [1.807, 2.05) is 12.1 Å². The zero-order chi connectivity index (χ0) is 15.2. The number of phenols is 1. The first kappa shape index (κ1) is 15.0. The number of phenolic OH excluding ortho intramolecular Hbond substituents is 1. The molecule has 2 rings (SSSR count). The Kier molecular flexibility index (Phi) is 4.90. The summed E-state index contributed by atoms with van der Waals surface area (Å²) < 4.78 is 5.17. The molecule has 0 unspecified atom stereocenters. The van der Waals surface area contributed by atoms with E-state index in [4.69, 9.17) is 22.1 Å². The van der Waals surface area contributed by atoms with Gasteiger partial charge in [-0.1, -0.05) is 17.7 Å². The van der Waals surface area contributed by atoms with Crippen LogP contribution in [0, 0.1) is 0 Å². The third-order valence-electron chi connectivity index (χ3n) is 2.74. The summed E-state index contributed by atoms with van der Waals surface area (Å²) in [6, 6.07) is 12.2. The zero-order valence-electron chi connectivity index (χ0n) is 11.2. The third-order valence-corrected chi connectivity index (χ3v) is 3.05. The number of anilines is 1. The molecule has 0 spiro atoms. The van der Waals surface area contributed by atoms with Crippen LogP contribution in [-0.2, 0) is 11.3 Å². The van der Waals surface area contributed by atoms with E-state index < -0.39 is 5.91 Å². The van der Waals surface area contributed by atoms with Crippen LogP contribution >= 0.6 is 11.6 Å². The van der Waals surface area contributed by atoms with E-state index >= 15 is 0 Å². The van der Waals surface area contributed by atoms with Crippen molar-refractivity contribution >= 4 is 23.2 Å². The number of aromatic hydroxyl groups is 1. The summed E-state index contributed by atoms with van der Waals surface area (Å²) in [5.41, 5.74) is 6.85. The highest BCUT2D eigenvalue weighted by molar-refractivity contribution is 6.32. The summed E-state index contributed by atoms with van der Waals surface area (Å²) in [7, 11) is 0. The lowest BCUT2D eigenvalue weighted by atomic mass is 10.2. The molecular formula is C15H15ClN2O3. The van der Waals surface area contributed by atoms with Gasteiger partial charge in [0.2, 0.25) is 0 Å². The van der Waals surface area contributed by atoms with Gasteiger partial charge in [0.15, 0.2) is 6.61 Å². The van der Waals surface area contributed by atoms with Crippen LogP contribution in [0.1, 0.15) is 5.56 Å².